The summed E-state index contributed by atoms with van der Waals surface area (Å²) in [6.45, 7) is 3.72. The van der Waals surface area contributed by atoms with E-state index in [2.05, 4.69) is 10.6 Å². The van der Waals surface area contributed by atoms with Crippen LogP contribution in [0, 0.1) is 17.0 Å². The number of ketones is 1. The molecule has 3 aromatic rings. The summed E-state index contributed by atoms with van der Waals surface area (Å²) in [6.07, 6.45) is 0.682. The number of nitrogens with one attached hydrogen (secondary N) is 2. The third-order valence-electron chi connectivity index (χ3n) is 7.76. The summed E-state index contributed by atoms with van der Waals surface area (Å²) in [7, 11) is 3.12. The summed E-state index contributed by atoms with van der Waals surface area (Å²) in [5.41, 5.74) is 4.66. The van der Waals surface area contributed by atoms with E-state index in [1.165, 1.54) is 12.1 Å². The molecule has 1 aliphatic heterocycles. The normalized spacial score (nSPS) is 18.3. The van der Waals surface area contributed by atoms with Crippen LogP contribution in [0.1, 0.15) is 48.3 Å². The van der Waals surface area contributed by atoms with E-state index in [1.54, 1.807) is 39.3 Å². The van der Waals surface area contributed by atoms with Crippen molar-refractivity contribution in [1.82, 2.24) is 5.32 Å². The van der Waals surface area contributed by atoms with Crippen molar-refractivity contribution in [3.05, 3.63) is 115 Å². The van der Waals surface area contributed by atoms with E-state index in [4.69, 9.17) is 21.1 Å². The monoisotopic (exact) mass is 587 g/mol. The van der Waals surface area contributed by atoms with Crippen molar-refractivity contribution in [3.8, 4) is 11.5 Å². The van der Waals surface area contributed by atoms with Gasteiger partial charge in [0, 0.05) is 46.6 Å². The molecule has 2 aliphatic rings. The Morgan fingerprint density at radius 1 is 0.976 bits per heavy atom. The van der Waals surface area contributed by atoms with Crippen LogP contribution in [0.15, 0.2) is 83.2 Å². The number of rotatable bonds is 7. The second kappa shape index (κ2) is 11.7. The summed E-state index contributed by atoms with van der Waals surface area (Å²) >= 11 is 6.13. The Hall–Kier alpha value is -4.63. The zero-order valence-corrected chi connectivity index (χ0v) is 24.4. The standard InChI is InChI=1S/C32H30ClN3O6/c1-17-5-9-22(10-6-17)35-32(38)29-18(2)34-24-13-21(19-8-12-27(41-3)28(16-19)42-4)15-26(37)31(24)30(29)20-7-11-23(33)25(14-20)36(39)40/h5-12,14,16,21,30,34H,13,15H2,1-4H3,(H,35,38)/t21-,30+/m0/s1. The average Bonchev–Trinajstić information content (AvgIpc) is 2.97. The molecule has 1 amide bonds. The Morgan fingerprint density at radius 2 is 1.67 bits per heavy atom. The van der Waals surface area contributed by atoms with Gasteiger partial charge in [0.25, 0.3) is 11.6 Å². The van der Waals surface area contributed by atoms with Crippen molar-refractivity contribution < 1.29 is 24.0 Å². The molecule has 10 heteroatoms. The van der Waals surface area contributed by atoms with Crippen LogP contribution in [0.4, 0.5) is 11.4 Å². The van der Waals surface area contributed by atoms with Crippen LogP contribution < -0.4 is 20.1 Å². The maximum Gasteiger partial charge on any atom is 0.288 e. The van der Waals surface area contributed by atoms with Crippen LogP contribution in [-0.4, -0.2) is 30.8 Å². The van der Waals surface area contributed by atoms with Crippen LogP contribution in [0.3, 0.4) is 0 Å². The van der Waals surface area contributed by atoms with Crippen LogP contribution in [0.5, 0.6) is 11.5 Å². The second-order valence-corrected chi connectivity index (χ2v) is 10.8. The van der Waals surface area contributed by atoms with E-state index < -0.39 is 16.7 Å². The molecular weight excluding hydrogens is 558 g/mol. The number of benzene rings is 3. The molecule has 1 heterocycles. The van der Waals surface area contributed by atoms with Crippen LogP contribution in [-0.2, 0) is 9.59 Å². The number of anilines is 1. The first-order chi connectivity index (χ1) is 20.1. The molecule has 0 aromatic heterocycles. The lowest BCUT2D eigenvalue weighted by Crippen LogP contribution is -2.37. The SMILES string of the molecule is COc1ccc([C@@H]2CC(=O)C3=C(C2)NC(C)=C(C(=O)Nc2ccc(C)cc2)[C@H]3c2ccc(Cl)c([N+](=O)[O-])c2)cc1OC. The van der Waals surface area contributed by atoms with E-state index in [1.807, 2.05) is 37.3 Å². The number of carbonyl (C=O) groups excluding carboxylic acids is 2. The number of hydrogen-bond acceptors (Lipinski definition) is 7. The first-order valence-corrected chi connectivity index (χ1v) is 13.8. The number of ether oxygens (including phenoxy) is 2. The zero-order valence-electron chi connectivity index (χ0n) is 23.6. The number of nitro groups is 1. The van der Waals surface area contributed by atoms with E-state index in [-0.39, 0.29) is 28.8 Å². The maximum absolute atomic E-state index is 14.0. The highest BCUT2D eigenvalue weighted by Gasteiger charge is 2.41. The van der Waals surface area contributed by atoms with Gasteiger partial charge in [0.2, 0.25) is 0 Å². The minimum atomic E-state index is -0.832. The Balaban J connectivity index is 1.59. The van der Waals surface area contributed by atoms with Gasteiger partial charge in [0.1, 0.15) is 5.02 Å². The van der Waals surface area contributed by atoms with E-state index in [9.17, 15) is 19.7 Å². The number of allylic oxidation sites excluding steroid dienone is 3. The zero-order chi connectivity index (χ0) is 30.1. The molecule has 42 heavy (non-hydrogen) atoms. The third kappa shape index (κ3) is 5.47. The van der Waals surface area contributed by atoms with Gasteiger partial charge in [0.15, 0.2) is 17.3 Å². The fraction of sp³-hybridized carbons (Fsp3) is 0.250. The third-order valence-corrected chi connectivity index (χ3v) is 8.08. The number of methoxy groups -OCH3 is 2. The van der Waals surface area contributed by atoms with Crippen molar-refractivity contribution in [2.75, 3.05) is 19.5 Å². The molecule has 2 N–H and O–H groups in total. The largest absolute Gasteiger partial charge is 0.493 e. The number of nitro benzene ring substituents is 1. The summed E-state index contributed by atoms with van der Waals surface area (Å²) in [6, 6.07) is 17.4. The van der Waals surface area contributed by atoms with Crippen molar-refractivity contribution >= 4 is 34.7 Å². The lowest BCUT2D eigenvalue weighted by atomic mass is 9.71. The molecule has 0 radical (unpaired) electrons. The fourth-order valence-corrected chi connectivity index (χ4v) is 5.89. The number of halogens is 1. The lowest BCUT2D eigenvalue weighted by molar-refractivity contribution is -0.384. The van der Waals surface area contributed by atoms with Crippen LogP contribution in [0.25, 0.3) is 0 Å². The van der Waals surface area contributed by atoms with Crippen LogP contribution >= 0.6 is 11.6 Å². The molecule has 1 aliphatic carbocycles. The Bertz CT molecular complexity index is 1660. The Labute approximate surface area is 248 Å². The van der Waals surface area contributed by atoms with Gasteiger partial charge in [-0.3, -0.25) is 19.7 Å². The highest BCUT2D eigenvalue weighted by Crippen LogP contribution is 2.47. The van der Waals surface area contributed by atoms with Crippen molar-refractivity contribution in [2.24, 2.45) is 0 Å². The van der Waals surface area contributed by atoms with Crippen molar-refractivity contribution in [3.63, 3.8) is 0 Å². The summed E-state index contributed by atoms with van der Waals surface area (Å²) in [5.74, 6) is -0.393. The molecule has 0 saturated carbocycles. The first-order valence-electron chi connectivity index (χ1n) is 13.4. The Kier molecular flexibility index (Phi) is 8.04. The van der Waals surface area contributed by atoms with E-state index in [0.717, 1.165) is 11.1 Å². The van der Waals surface area contributed by atoms with Gasteiger partial charge >= 0.3 is 0 Å². The number of hydrogen-bond donors (Lipinski definition) is 2. The van der Waals surface area contributed by atoms with Crippen molar-refractivity contribution in [1.29, 1.82) is 0 Å². The first kappa shape index (κ1) is 28.9. The predicted octanol–water partition coefficient (Wildman–Crippen LogP) is 6.57. The van der Waals surface area contributed by atoms with E-state index >= 15 is 0 Å². The number of carbonyl (C=O) groups is 2. The molecule has 0 unspecified atom stereocenters. The van der Waals surface area contributed by atoms with Gasteiger partial charge < -0.3 is 20.1 Å². The molecule has 0 bridgehead atoms. The topological polar surface area (TPSA) is 120 Å². The molecule has 3 aromatic carbocycles. The predicted molar refractivity (Wildman–Crippen MR) is 160 cm³/mol. The van der Waals surface area contributed by atoms with Gasteiger partial charge in [-0.05, 0) is 67.6 Å². The number of dihydropyridines is 1. The summed E-state index contributed by atoms with van der Waals surface area (Å²) in [5, 5.41) is 18.0. The van der Waals surface area contributed by atoms with Gasteiger partial charge in [-0.15, -0.1) is 0 Å². The average molecular weight is 588 g/mol. The van der Waals surface area contributed by atoms with Crippen LogP contribution in [0.2, 0.25) is 5.02 Å². The van der Waals surface area contributed by atoms with Crippen molar-refractivity contribution in [2.45, 2.75) is 38.5 Å². The smallest absolute Gasteiger partial charge is 0.288 e. The molecule has 2 atom stereocenters. The van der Waals surface area contributed by atoms with Gasteiger partial charge in [-0.1, -0.05) is 41.4 Å². The number of Topliss-reactive ketones (excluding diaryl/α,β-unsaturated/α-hetero) is 1. The summed E-state index contributed by atoms with van der Waals surface area (Å²) < 4.78 is 10.8. The molecular formula is C32H30ClN3O6. The molecule has 0 fully saturated rings. The molecule has 9 nitrogen and oxygen atoms in total. The van der Waals surface area contributed by atoms with Gasteiger partial charge in [-0.25, -0.2) is 0 Å². The lowest BCUT2D eigenvalue weighted by Gasteiger charge is -2.37. The minimum Gasteiger partial charge on any atom is -0.493 e. The van der Waals surface area contributed by atoms with Gasteiger partial charge in [-0.2, -0.15) is 0 Å². The molecule has 5 rings (SSSR count). The highest BCUT2D eigenvalue weighted by atomic mass is 35.5. The molecule has 216 valence electrons. The maximum atomic E-state index is 14.0. The number of amides is 1. The van der Waals surface area contributed by atoms with Gasteiger partial charge in [0.05, 0.1) is 19.1 Å². The highest BCUT2D eigenvalue weighted by molar-refractivity contribution is 6.32. The number of aryl methyl sites for hydroxylation is 1. The minimum absolute atomic E-state index is 0.0262. The fourth-order valence-electron chi connectivity index (χ4n) is 5.70. The Morgan fingerprint density at radius 3 is 2.33 bits per heavy atom. The molecule has 0 spiro atoms. The quantitative estimate of drug-likeness (QED) is 0.237. The summed E-state index contributed by atoms with van der Waals surface area (Å²) in [4.78, 5) is 39.0. The number of nitrogens with zero attached hydrogens (tertiary/aromatic N) is 1. The second-order valence-electron chi connectivity index (χ2n) is 10.4. The molecule has 0 saturated heterocycles. The van der Waals surface area contributed by atoms with E-state index in [0.29, 0.717) is 51.7 Å².